The summed E-state index contributed by atoms with van der Waals surface area (Å²) in [5.41, 5.74) is 2.84. The molecule has 0 saturated carbocycles. The van der Waals surface area contributed by atoms with Crippen LogP contribution in [0, 0.1) is 0 Å². The van der Waals surface area contributed by atoms with Gasteiger partial charge in [0.25, 0.3) is 0 Å². The summed E-state index contributed by atoms with van der Waals surface area (Å²) in [5.74, 6) is -0.0147. The summed E-state index contributed by atoms with van der Waals surface area (Å²) < 4.78 is 6.00. The van der Waals surface area contributed by atoms with Crippen LogP contribution < -0.4 is 4.74 Å². The molecule has 0 heterocycles. The van der Waals surface area contributed by atoms with Gasteiger partial charge >= 0.3 is 5.97 Å². The van der Waals surface area contributed by atoms with Gasteiger partial charge in [0, 0.05) is 11.6 Å². The molecule has 0 unspecified atom stereocenters. The number of carboxylic acids is 1. The lowest BCUT2D eigenvalue weighted by atomic mass is 10.1. The molecule has 1 N–H and O–H groups in total. The Kier molecular flexibility index (Phi) is 13.0. The van der Waals surface area contributed by atoms with Crippen LogP contribution >= 0.6 is 0 Å². The van der Waals surface area contributed by atoms with E-state index in [9.17, 15) is 4.79 Å². The molecule has 0 saturated heterocycles. The van der Waals surface area contributed by atoms with E-state index >= 15 is 0 Å². The largest absolute Gasteiger partial charge is 0.493 e. The fourth-order valence-corrected chi connectivity index (χ4v) is 2.86. The molecule has 0 bridgehead atoms. The van der Waals surface area contributed by atoms with Gasteiger partial charge in [-0.15, -0.1) is 0 Å². The van der Waals surface area contributed by atoms with Crippen molar-refractivity contribution in [3.05, 3.63) is 71.4 Å². The van der Waals surface area contributed by atoms with Crippen LogP contribution in [0.1, 0.15) is 71.3 Å². The van der Waals surface area contributed by atoms with E-state index in [-0.39, 0.29) is 0 Å². The van der Waals surface area contributed by atoms with E-state index in [1.807, 2.05) is 43.4 Å². The Bertz CT molecular complexity index is 723. The molecule has 1 rings (SSSR count). The first-order valence-corrected chi connectivity index (χ1v) is 10.7. The van der Waals surface area contributed by atoms with Gasteiger partial charge in [0.05, 0.1) is 6.61 Å². The zero-order valence-corrected chi connectivity index (χ0v) is 18.2. The predicted molar refractivity (Wildman–Crippen MR) is 123 cm³/mol. The molecule has 29 heavy (non-hydrogen) atoms. The van der Waals surface area contributed by atoms with E-state index in [2.05, 4.69) is 19.1 Å². The minimum absolute atomic E-state index is 0.703. The number of benzene rings is 1. The number of carbonyl (C=O) groups is 1. The monoisotopic (exact) mass is 396 g/mol. The van der Waals surface area contributed by atoms with Crippen molar-refractivity contribution in [1.82, 2.24) is 0 Å². The van der Waals surface area contributed by atoms with Crippen molar-refractivity contribution in [1.29, 1.82) is 0 Å². The second kappa shape index (κ2) is 15.4. The van der Waals surface area contributed by atoms with Crippen LogP contribution in [0.2, 0.25) is 0 Å². The zero-order chi connectivity index (χ0) is 21.3. The lowest BCUT2D eigenvalue weighted by Crippen LogP contribution is -1.98. The Balaban J connectivity index is 2.50. The molecule has 158 valence electrons. The molecule has 0 aliphatic heterocycles. The predicted octanol–water partition coefficient (Wildman–Crippen LogP) is 7.36. The molecule has 0 spiro atoms. The van der Waals surface area contributed by atoms with Gasteiger partial charge in [-0.05, 0) is 31.9 Å². The second-order valence-corrected chi connectivity index (χ2v) is 7.34. The summed E-state index contributed by atoms with van der Waals surface area (Å²) in [5, 5.41) is 8.72. The Morgan fingerprint density at radius 2 is 1.66 bits per heavy atom. The number of ether oxygens (including phenoxy) is 1. The molecular weight excluding hydrogens is 360 g/mol. The first-order valence-electron chi connectivity index (χ1n) is 10.7. The molecule has 0 fully saturated rings. The number of carboxylic acid groups (broad SMARTS) is 1. The third kappa shape index (κ3) is 12.5. The number of unbranched alkanes of at least 4 members (excludes halogenated alkanes) is 6. The molecule has 0 aliphatic rings. The van der Waals surface area contributed by atoms with Gasteiger partial charge in [-0.1, -0.05) is 99.6 Å². The highest BCUT2D eigenvalue weighted by Gasteiger charge is 2.00. The van der Waals surface area contributed by atoms with Crippen molar-refractivity contribution in [2.75, 3.05) is 6.61 Å². The minimum atomic E-state index is -0.930. The maximum absolute atomic E-state index is 10.6. The van der Waals surface area contributed by atoms with Crippen LogP contribution in [-0.2, 0) is 4.79 Å². The molecule has 1 aromatic carbocycles. The van der Waals surface area contributed by atoms with E-state index in [0.717, 1.165) is 29.9 Å². The van der Waals surface area contributed by atoms with Crippen LogP contribution in [0.3, 0.4) is 0 Å². The average Bonchev–Trinajstić information content (AvgIpc) is 2.68. The maximum Gasteiger partial charge on any atom is 0.328 e. The molecule has 1 aromatic rings. The third-order valence-electron chi connectivity index (χ3n) is 4.52. The second-order valence-electron chi connectivity index (χ2n) is 7.34. The number of hydrogen-bond acceptors (Lipinski definition) is 2. The Morgan fingerprint density at radius 1 is 0.966 bits per heavy atom. The average molecular weight is 397 g/mol. The van der Waals surface area contributed by atoms with Gasteiger partial charge in [0.15, 0.2) is 0 Å². The van der Waals surface area contributed by atoms with Crippen LogP contribution in [0.4, 0.5) is 0 Å². The molecule has 0 aromatic heterocycles. The highest BCUT2D eigenvalue weighted by Crippen LogP contribution is 2.21. The number of aliphatic carboxylic acids is 1. The summed E-state index contributed by atoms with van der Waals surface area (Å²) in [4.78, 5) is 10.6. The SMILES string of the molecule is CCCCCCCCCOc1ccccc1\C=C/C(C)=C\C=C/C(C)=C\C(=O)O. The highest BCUT2D eigenvalue weighted by atomic mass is 16.5. The number of para-hydroxylation sites is 1. The van der Waals surface area contributed by atoms with Crippen molar-refractivity contribution in [2.24, 2.45) is 0 Å². The van der Waals surface area contributed by atoms with E-state index in [1.54, 1.807) is 13.0 Å². The quantitative estimate of drug-likeness (QED) is 0.203. The van der Waals surface area contributed by atoms with Gasteiger partial charge in [0.2, 0.25) is 0 Å². The van der Waals surface area contributed by atoms with Crippen molar-refractivity contribution >= 4 is 12.0 Å². The van der Waals surface area contributed by atoms with E-state index < -0.39 is 5.97 Å². The first-order chi connectivity index (χ1) is 14.0. The van der Waals surface area contributed by atoms with E-state index in [0.29, 0.717) is 5.57 Å². The molecule has 3 nitrogen and oxygen atoms in total. The highest BCUT2D eigenvalue weighted by molar-refractivity contribution is 5.81. The van der Waals surface area contributed by atoms with E-state index in [4.69, 9.17) is 9.84 Å². The molecule has 0 amide bonds. The van der Waals surface area contributed by atoms with E-state index in [1.165, 1.54) is 44.6 Å². The smallest absolute Gasteiger partial charge is 0.328 e. The summed E-state index contributed by atoms with van der Waals surface area (Å²) in [6, 6.07) is 8.08. The number of hydrogen-bond donors (Lipinski definition) is 1. The van der Waals surface area contributed by atoms with Gasteiger partial charge in [0.1, 0.15) is 5.75 Å². The molecule has 0 radical (unpaired) electrons. The summed E-state index contributed by atoms with van der Waals surface area (Å²) in [6.07, 6.45) is 19.8. The van der Waals surface area contributed by atoms with Crippen molar-refractivity contribution < 1.29 is 14.6 Å². The maximum atomic E-state index is 10.6. The Hall–Kier alpha value is -2.55. The van der Waals surface area contributed by atoms with Crippen LogP contribution in [0.5, 0.6) is 5.75 Å². The van der Waals surface area contributed by atoms with Crippen LogP contribution in [0.25, 0.3) is 6.08 Å². The van der Waals surface area contributed by atoms with Gasteiger partial charge < -0.3 is 9.84 Å². The lowest BCUT2D eigenvalue weighted by Gasteiger charge is -2.09. The molecule has 0 atom stereocenters. The fourth-order valence-electron chi connectivity index (χ4n) is 2.86. The fraction of sp³-hybridized carbons (Fsp3) is 0.423. The van der Waals surface area contributed by atoms with Crippen molar-refractivity contribution in [3.8, 4) is 5.75 Å². The number of allylic oxidation sites excluding steroid dienone is 6. The zero-order valence-electron chi connectivity index (χ0n) is 18.2. The Labute approximate surface area is 176 Å². The summed E-state index contributed by atoms with van der Waals surface area (Å²) in [7, 11) is 0. The summed E-state index contributed by atoms with van der Waals surface area (Å²) in [6.45, 7) is 6.78. The van der Waals surface area contributed by atoms with Gasteiger partial charge in [-0.25, -0.2) is 4.79 Å². The van der Waals surface area contributed by atoms with Crippen molar-refractivity contribution in [2.45, 2.75) is 65.7 Å². The standard InChI is InChI=1S/C26H36O3/c1-4-5-6-7-8-9-12-20-29-25-17-11-10-16-24(25)19-18-22(2)14-13-15-23(3)21-26(27)28/h10-11,13-19,21H,4-9,12,20H2,1-3H3,(H,27,28)/b15-13-,19-18-,22-14-,23-21-. The first kappa shape index (κ1) is 24.5. The molecule has 0 aliphatic carbocycles. The molecular formula is C26H36O3. The Morgan fingerprint density at radius 3 is 2.38 bits per heavy atom. The number of rotatable bonds is 14. The van der Waals surface area contributed by atoms with Gasteiger partial charge in [-0.3, -0.25) is 0 Å². The minimum Gasteiger partial charge on any atom is -0.493 e. The van der Waals surface area contributed by atoms with Crippen molar-refractivity contribution in [3.63, 3.8) is 0 Å². The van der Waals surface area contributed by atoms with Crippen LogP contribution in [0.15, 0.2) is 65.8 Å². The third-order valence-corrected chi connectivity index (χ3v) is 4.52. The van der Waals surface area contributed by atoms with Crippen LogP contribution in [-0.4, -0.2) is 17.7 Å². The molecule has 3 heteroatoms. The topological polar surface area (TPSA) is 46.5 Å². The lowest BCUT2D eigenvalue weighted by molar-refractivity contribution is -0.131. The normalized spacial score (nSPS) is 12.8. The summed E-state index contributed by atoms with van der Waals surface area (Å²) >= 11 is 0. The van der Waals surface area contributed by atoms with Gasteiger partial charge in [-0.2, -0.15) is 0 Å².